The second-order valence-corrected chi connectivity index (χ2v) is 25.7. The van der Waals surface area contributed by atoms with E-state index in [0.29, 0.717) is 0 Å². The van der Waals surface area contributed by atoms with E-state index in [1.807, 2.05) is 0 Å². The Hall–Kier alpha value is -5.74. The lowest BCUT2D eigenvalue weighted by atomic mass is 9.57. The molecule has 3 nitrogen and oxygen atoms in total. The van der Waals surface area contributed by atoms with Gasteiger partial charge in [0.1, 0.15) is 11.2 Å². The van der Waals surface area contributed by atoms with Crippen LogP contribution in [0.1, 0.15) is 161 Å². The second-order valence-electron chi connectivity index (χ2n) is 25.7. The summed E-state index contributed by atoms with van der Waals surface area (Å²) in [6.07, 6.45) is 7.03. The first-order valence-corrected chi connectivity index (χ1v) is 26.0. The normalized spacial score (nSPS) is 19.8. The molecule has 0 atom stereocenters. The van der Waals surface area contributed by atoms with E-state index in [2.05, 4.69) is 217 Å². The molecule has 3 aliphatic carbocycles. The summed E-state index contributed by atoms with van der Waals surface area (Å²) in [5, 5.41) is 8.95. The van der Waals surface area contributed by atoms with E-state index in [1.165, 1.54) is 108 Å². The van der Waals surface area contributed by atoms with Gasteiger partial charge < -0.3 is 14.6 Å². The van der Waals surface area contributed by atoms with E-state index in [1.54, 1.807) is 0 Å². The number of fused-ring (bicyclic) bond motifs is 10. The maximum Gasteiger partial charge on any atom is 0.197 e. The van der Waals surface area contributed by atoms with Gasteiger partial charge in [-0.25, -0.2) is 0 Å². The van der Waals surface area contributed by atoms with Crippen LogP contribution in [-0.2, 0) is 32.5 Å². The summed E-state index contributed by atoms with van der Waals surface area (Å²) in [6, 6.07) is 42.4. The van der Waals surface area contributed by atoms with Crippen molar-refractivity contribution in [3.63, 3.8) is 0 Å². The van der Waals surface area contributed by atoms with Gasteiger partial charge in [0.25, 0.3) is 0 Å². The molecule has 0 fully saturated rings. The van der Waals surface area contributed by atoms with Gasteiger partial charge in [-0.3, -0.25) is 0 Å². The van der Waals surface area contributed by atoms with Gasteiger partial charge in [0.05, 0.1) is 0 Å². The van der Waals surface area contributed by atoms with Crippen LogP contribution in [0.4, 0.5) is 28.4 Å². The Kier molecular flexibility index (Phi) is 9.45. The monoisotopic (exact) mass is 906 g/mol. The zero-order valence-electron chi connectivity index (χ0n) is 43.6. The molecule has 1 aromatic heterocycles. The van der Waals surface area contributed by atoms with Crippen LogP contribution in [0, 0.1) is 6.92 Å². The highest BCUT2D eigenvalue weighted by Crippen LogP contribution is 2.54. The fraction of sp³-hybridized carbons (Fsp3) is 0.385. The number of benzene rings is 7. The number of nitrogens with zero attached hydrogens (tertiary/aromatic N) is 1. The molecule has 4 heteroatoms. The second kappa shape index (κ2) is 14.7. The summed E-state index contributed by atoms with van der Waals surface area (Å²) in [7, 11) is 2.51. The van der Waals surface area contributed by atoms with E-state index in [-0.39, 0.29) is 32.5 Å². The van der Waals surface area contributed by atoms with Gasteiger partial charge >= 0.3 is 0 Å². The lowest BCUT2D eigenvalue weighted by molar-refractivity contribution is 0.332. The van der Waals surface area contributed by atoms with E-state index in [9.17, 15) is 0 Å². The number of aryl methyl sites for hydroxylation is 1. The predicted octanol–water partition coefficient (Wildman–Crippen LogP) is 16.9. The SMILES string of the molecule is Cc1cc2c(cc1N1c3cc4oc5ccccc5c4cc3[B]c3c(-c4cc5c(cc4Nc4ccc6c(c4)C(C)(C)CCC6(C)C)C(C)(C)CCC5(C)C)cc4ccccc4c31)C(C)(C)CCC2(C)C. The fourth-order valence-corrected chi connectivity index (χ4v) is 13.3. The highest BCUT2D eigenvalue weighted by Gasteiger charge is 2.42. The molecule has 349 valence electrons. The number of hydrogen-bond donors (Lipinski definition) is 1. The van der Waals surface area contributed by atoms with Gasteiger partial charge in [-0.1, -0.05) is 149 Å². The van der Waals surface area contributed by atoms with Gasteiger partial charge in [0.2, 0.25) is 0 Å². The van der Waals surface area contributed by atoms with Crippen molar-refractivity contribution in [3.8, 4) is 11.1 Å². The third-order valence-corrected chi connectivity index (χ3v) is 18.2. The van der Waals surface area contributed by atoms with Crippen molar-refractivity contribution in [2.45, 2.75) is 161 Å². The number of hydrogen-bond acceptors (Lipinski definition) is 3. The van der Waals surface area contributed by atoms with Crippen LogP contribution < -0.4 is 21.1 Å². The standard InChI is InChI=1S/C65H70BN2O/c1-38-30-47-51(65(12,13)29-26-61(47,4)5)36-54(38)68-55-37-57-44(42-20-16-17-21-56(42)69-57)34-52(55)66-58-45(31-39-18-14-15-19-41(39)59(58)68)43-33-49-50(64(10,11)28-27-63(49,8)9)35-53(43)67-40-22-23-46-48(32-40)62(6,7)25-24-60(46,2)3/h14-23,30-37,67H,24-29H2,1-13H3. The highest BCUT2D eigenvalue weighted by atomic mass is 16.3. The topological polar surface area (TPSA) is 28.4 Å². The van der Waals surface area contributed by atoms with Crippen molar-refractivity contribution in [2.24, 2.45) is 0 Å². The molecule has 69 heavy (non-hydrogen) atoms. The van der Waals surface area contributed by atoms with E-state index >= 15 is 0 Å². The summed E-state index contributed by atoms with van der Waals surface area (Å²) in [5.41, 5.74) is 23.3. The van der Waals surface area contributed by atoms with Crippen LogP contribution in [0.2, 0.25) is 0 Å². The van der Waals surface area contributed by atoms with E-state index in [4.69, 9.17) is 4.42 Å². The molecular weight excluding hydrogens is 836 g/mol. The number of anilines is 5. The summed E-state index contributed by atoms with van der Waals surface area (Å²) >= 11 is 0. The van der Waals surface area contributed by atoms with Crippen molar-refractivity contribution in [3.05, 3.63) is 148 Å². The Morgan fingerprint density at radius 1 is 0.464 bits per heavy atom. The van der Waals surface area contributed by atoms with Gasteiger partial charge in [-0.05, 0) is 176 Å². The average Bonchev–Trinajstić information content (AvgIpc) is 3.66. The van der Waals surface area contributed by atoms with Crippen LogP contribution in [0.25, 0.3) is 43.8 Å². The fourth-order valence-electron chi connectivity index (χ4n) is 13.3. The van der Waals surface area contributed by atoms with Crippen molar-refractivity contribution >= 4 is 79.4 Å². The van der Waals surface area contributed by atoms with Gasteiger partial charge in [0.15, 0.2) is 7.28 Å². The molecule has 12 rings (SSSR count). The predicted molar refractivity (Wildman–Crippen MR) is 297 cm³/mol. The van der Waals surface area contributed by atoms with Crippen LogP contribution in [-0.4, -0.2) is 7.28 Å². The summed E-state index contributed by atoms with van der Waals surface area (Å²) in [6.45, 7) is 31.7. The summed E-state index contributed by atoms with van der Waals surface area (Å²) in [5.74, 6) is 0. The number of furan rings is 1. The Morgan fingerprint density at radius 2 is 1.01 bits per heavy atom. The quantitative estimate of drug-likeness (QED) is 0.178. The average molecular weight is 906 g/mol. The Morgan fingerprint density at radius 3 is 1.68 bits per heavy atom. The zero-order valence-corrected chi connectivity index (χ0v) is 43.6. The van der Waals surface area contributed by atoms with Crippen LogP contribution in [0.3, 0.4) is 0 Å². The minimum absolute atomic E-state index is 0.0214. The summed E-state index contributed by atoms with van der Waals surface area (Å²) in [4.78, 5) is 2.63. The van der Waals surface area contributed by atoms with E-state index < -0.39 is 0 Å². The molecule has 2 heterocycles. The van der Waals surface area contributed by atoms with Crippen LogP contribution in [0.5, 0.6) is 0 Å². The lowest BCUT2D eigenvalue weighted by Gasteiger charge is -2.44. The van der Waals surface area contributed by atoms with Gasteiger partial charge in [-0.2, -0.15) is 0 Å². The molecule has 0 saturated heterocycles. The summed E-state index contributed by atoms with van der Waals surface area (Å²) < 4.78 is 6.72. The molecule has 1 N–H and O–H groups in total. The third-order valence-electron chi connectivity index (χ3n) is 18.2. The first kappa shape index (κ1) is 44.5. The van der Waals surface area contributed by atoms with Crippen molar-refractivity contribution in [2.75, 3.05) is 10.2 Å². The molecule has 8 aromatic rings. The minimum atomic E-state index is 0.0214. The maximum absolute atomic E-state index is 6.72. The minimum Gasteiger partial charge on any atom is -0.456 e. The molecule has 0 amide bonds. The van der Waals surface area contributed by atoms with Crippen molar-refractivity contribution in [1.82, 2.24) is 0 Å². The molecule has 0 bridgehead atoms. The molecule has 1 aliphatic heterocycles. The Bertz CT molecular complexity index is 3480. The van der Waals surface area contributed by atoms with Crippen LogP contribution in [0.15, 0.2) is 114 Å². The molecule has 0 unspecified atom stereocenters. The maximum atomic E-state index is 6.72. The molecular formula is C65H70BN2O. The first-order valence-electron chi connectivity index (χ1n) is 26.0. The Balaban J connectivity index is 1.16. The first-order chi connectivity index (χ1) is 32.5. The van der Waals surface area contributed by atoms with E-state index in [0.717, 1.165) is 52.6 Å². The van der Waals surface area contributed by atoms with Gasteiger partial charge in [0, 0.05) is 56.2 Å². The molecule has 1 radical (unpaired) electrons. The molecule has 0 spiro atoms. The lowest BCUT2D eigenvalue weighted by Crippen LogP contribution is -2.42. The number of para-hydroxylation sites is 1. The molecule has 4 aliphatic rings. The number of rotatable bonds is 4. The van der Waals surface area contributed by atoms with Crippen molar-refractivity contribution < 1.29 is 4.42 Å². The molecule has 7 aromatic carbocycles. The zero-order chi connectivity index (χ0) is 48.4. The molecule has 0 saturated carbocycles. The Labute approximate surface area is 412 Å². The number of nitrogens with one attached hydrogen (secondary N) is 1. The highest BCUT2D eigenvalue weighted by molar-refractivity contribution is 6.74. The van der Waals surface area contributed by atoms with Crippen LogP contribution >= 0.6 is 0 Å². The third kappa shape index (κ3) is 6.81. The van der Waals surface area contributed by atoms with Gasteiger partial charge in [-0.15, -0.1) is 0 Å². The van der Waals surface area contributed by atoms with Crippen molar-refractivity contribution in [1.29, 1.82) is 0 Å². The largest absolute Gasteiger partial charge is 0.456 e. The smallest absolute Gasteiger partial charge is 0.197 e.